The molecule has 10 heavy (non-hydrogen) atoms. The maximum absolute atomic E-state index is 11.0. The minimum absolute atomic E-state index is 0.0404. The number of hydrogen-bond acceptors (Lipinski definition) is 2. The van der Waals surface area contributed by atoms with E-state index in [-0.39, 0.29) is 11.5 Å². The fourth-order valence-corrected chi connectivity index (χ4v) is 1.06. The topological polar surface area (TPSA) is 26.3 Å². The Hall–Kier alpha value is -0.313. The molecule has 1 unspecified atom stereocenters. The van der Waals surface area contributed by atoms with Crippen LogP contribution in [0, 0.1) is 0 Å². The van der Waals surface area contributed by atoms with Gasteiger partial charge in [-0.15, -0.1) is 0 Å². The van der Waals surface area contributed by atoms with Gasteiger partial charge in [-0.2, -0.15) is 0 Å². The van der Waals surface area contributed by atoms with Gasteiger partial charge in [0.05, 0.1) is 15.4 Å². The lowest BCUT2D eigenvalue weighted by Gasteiger charge is -2.11. The Kier molecular flexibility index (Phi) is 4.35. The lowest BCUT2D eigenvalue weighted by Crippen LogP contribution is -2.20. The largest absolute Gasteiger partial charge is 0.466 e. The predicted molar refractivity (Wildman–Crippen MR) is 43.5 cm³/mol. The maximum Gasteiger partial charge on any atom is 0.305 e. The third-order valence-electron chi connectivity index (χ3n) is 1.51. The van der Waals surface area contributed by atoms with Crippen LogP contribution in [0.25, 0.3) is 0 Å². The summed E-state index contributed by atoms with van der Waals surface area (Å²) in [6.07, 6.45) is 0. The first-order valence-electron chi connectivity index (χ1n) is 3.56. The predicted octanol–water partition coefficient (Wildman–Crippen LogP) is 1.69. The van der Waals surface area contributed by atoms with Crippen LogP contribution < -0.4 is 0 Å². The molecule has 3 heteroatoms. The summed E-state index contributed by atoms with van der Waals surface area (Å²) in [7, 11) is -0.508. The summed E-state index contributed by atoms with van der Waals surface area (Å²) in [4.78, 5) is 11.0. The van der Waals surface area contributed by atoms with Crippen LogP contribution in [0.15, 0.2) is 0 Å². The molecule has 0 rings (SSSR count). The number of rotatable bonds is 3. The van der Waals surface area contributed by atoms with Crippen LogP contribution in [0.4, 0.5) is 0 Å². The highest BCUT2D eigenvalue weighted by atomic mass is 28.3. The van der Waals surface area contributed by atoms with Gasteiger partial charge in [0.1, 0.15) is 0 Å². The van der Waals surface area contributed by atoms with Gasteiger partial charge in [-0.05, 0) is 6.92 Å². The zero-order chi connectivity index (χ0) is 8.15. The summed E-state index contributed by atoms with van der Waals surface area (Å²) in [6, 6.07) is 0. The van der Waals surface area contributed by atoms with E-state index in [2.05, 4.69) is 13.1 Å². The highest BCUT2D eigenvalue weighted by molar-refractivity contribution is 6.61. The van der Waals surface area contributed by atoms with E-state index in [1.165, 1.54) is 0 Å². The monoisotopic (exact) mass is 159 g/mol. The van der Waals surface area contributed by atoms with Crippen molar-refractivity contribution in [2.24, 2.45) is 0 Å². The second-order valence-electron chi connectivity index (χ2n) is 2.55. The van der Waals surface area contributed by atoms with E-state index < -0.39 is 8.80 Å². The van der Waals surface area contributed by atoms with Crippen LogP contribution in [0.1, 0.15) is 13.8 Å². The third kappa shape index (κ3) is 3.01. The van der Waals surface area contributed by atoms with Gasteiger partial charge in [-0.3, -0.25) is 4.79 Å². The second-order valence-corrected chi connectivity index (χ2v) is 5.57. The summed E-state index contributed by atoms with van der Waals surface area (Å²) in [5.41, 5.74) is 0.130. The minimum atomic E-state index is -0.508. The maximum atomic E-state index is 11.0. The van der Waals surface area contributed by atoms with Gasteiger partial charge in [-0.1, -0.05) is 20.0 Å². The fourth-order valence-electron chi connectivity index (χ4n) is 0.503. The van der Waals surface area contributed by atoms with E-state index in [0.717, 1.165) is 0 Å². The van der Waals surface area contributed by atoms with Crippen LogP contribution >= 0.6 is 0 Å². The molecular formula is C7H15O2Si. The Balaban J connectivity index is 3.71. The Morgan fingerprint density at radius 3 is 2.40 bits per heavy atom. The summed E-state index contributed by atoms with van der Waals surface area (Å²) in [5, 5.41) is 0. The van der Waals surface area contributed by atoms with Gasteiger partial charge in [0, 0.05) is 5.54 Å². The zero-order valence-corrected chi connectivity index (χ0v) is 8.10. The van der Waals surface area contributed by atoms with E-state index in [0.29, 0.717) is 6.61 Å². The van der Waals surface area contributed by atoms with Gasteiger partial charge in [0.25, 0.3) is 0 Å². The molecule has 0 fully saturated rings. The van der Waals surface area contributed by atoms with Crippen molar-refractivity contribution in [2.45, 2.75) is 32.5 Å². The Morgan fingerprint density at radius 2 is 2.10 bits per heavy atom. The molecule has 0 aromatic carbocycles. The van der Waals surface area contributed by atoms with Crippen molar-refractivity contribution in [3.05, 3.63) is 0 Å². The zero-order valence-electron chi connectivity index (χ0n) is 7.10. The van der Waals surface area contributed by atoms with E-state index in [9.17, 15) is 4.79 Å². The molecule has 0 heterocycles. The Morgan fingerprint density at radius 1 is 1.60 bits per heavy atom. The number of carbonyl (C=O) groups excluding carboxylic acids is 1. The number of carbonyl (C=O) groups is 1. The van der Waals surface area contributed by atoms with Crippen molar-refractivity contribution in [3.8, 4) is 0 Å². The lowest BCUT2D eigenvalue weighted by molar-refractivity contribution is -0.142. The number of ether oxygens (including phenoxy) is 1. The second kappa shape index (κ2) is 4.49. The summed E-state index contributed by atoms with van der Waals surface area (Å²) in [5.74, 6) is -0.0404. The minimum Gasteiger partial charge on any atom is -0.466 e. The average Bonchev–Trinajstić information content (AvgIpc) is 1.87. The molecular weight excluding hydrogens is 144 g/mol. The SMILES string of the molecule is CCOC(=O)C(C)[Si](C)C. The standard InChI is InChI=1S/C7H15O2Si/c1-5-9-7(8)6(2)10(3)4/h6H,5H2,1-4H3. The van der Waals surface area contributed by atoms with Crippen LogP contribution in [0.2, 0.25) is 18.6 Å². The van der Waals surface area contributed by atoms with Crippen LogP contribution in [-0.4, -0.2) is 21.4 Å². The molecule has 1 radical (unpaired) electrons. The Labute approximate surface area is 64.2 Å². The van der Waals surface area contributed by atoms with Gasteiger partial charge < -0.3 is 4.74 Å². The van der Waals surface area contributed by atoms with Crippen molar-refractivity contribution in [1.82, 2.24) is 0 Å². The molecule has 0 amide bonds. The van der Waals surface area contributed by atoms with Crippen molar-refractivity contribution in [1.29, 1.82) is 0 Å². The molecule has 59 valence electrons. The van der Waals surface area contributed by atoms with E-state index >= 15 is 0 Å². The molecule has 0 aliphatic heterocycles. The lowest BCUT2D eigenvalue weighted by atomic mass is 10.5. The number of esters is 1. The van der Waals surface area contributed by atoms with Crippen LogP contribution in [0.5, 0.6) is 0 Å². The van der Waals surface area contributed by atoms with E-state index in [1.807, 2.05) is 13.8 Å². The van der Waals surface area contributed by atoms with Gasteiger partial charge in [-0.25, -0.2) is 0 Å². The molecule has 0 aliphatic rings. The van der Waals surface area contributed by atoms with Gasteiger partial charge in [0.2, 0.25) is 0 Å². The summed E-state index contributed by atoms with van der Waals surface area (Å²) >= 11 is 0. The van der Waals surface area contributed by atoms with Crippen LogP contribution in [-0.2, 0) is 9.53 Å². The first-order chi connectivity index (χ1) is 4.59. The molecule has 0 aliphatic carbocycles. The molecule has 0 aromatic rings. The van der Waals surface area contributed by atoms with Gasteiger partial charge >= 0.3 is 5.97 Å². The van der Waals surface area contributed by atoms with Crippen molar-refractivity contribution < 1.29 is 9.53 Å². The molecule has 0 N–H and O–H groups in total. The average molecular weight is 159 g/mol. The molecule has 0 saturated heterocycles. The highest BCUT2D eigenvalue weighted by Gasteiger charge is 2.18. The van der Waals surface area contributed by atoms with Crippen molar-refractivity contribution in [3.63, 3.8) is 0 Å². The van der Waals surface area contributed by atoms with Crippen molar-refractivity contribution in [2.75, 3.05) is 6.61 Å². The summed E-state index contributed by atoms with van der Waals surface area (Å²) in [6.45, 7) is 8.51. The molecule has 0 aromatic heterocycles. The molecule has 0 spiro atoms. The molecule has 2 nitrogen and oxygen atoms in total. The molecule has 0 saturated carbocycles. The smallest absolute Gasteiger partial charge is 0.305 e. The fraction of sp³-hybridized carbons (Fsp3) is 0.857. The van der Waals surface area contributed by atoms with E-state index in [4.69, 9.17) is 4.74 Å². The quantitative estimate of drug-likeness (QED) is 0.463. The highest BCUT2D eigenvalue weighted by Crippen LogP contribution is 2.10. The summed E-state index contributed by atoms with van der Waals surface area (Å²) < 4.78 is 4.85. The molecule has 0 bridgehead atoms. The van der Waals surface area contributed by atoms with Gasteiger partial charge in [0.15, 0.2) is 0 Å². The first-order valence-corrected chi connectivity index (χ1v) is 6.14. The van der Waals surface area contributed by atoms with E-state index in [1.54, 1.807) is 0 Å². The molecule has 1 atom stereocenters. The van der Waals surface area contributed by atoms with Crippen LogP contribution in [0.3, 0.4) is 0 Å². The third-order valence-corrected chi connectivity index (χ3v) is 3.47. The van der Waals surface area contributed by atoms with Crippen molar-refractivity contribution >= 4 is 14.8 Å². The first kappa shape index (κ1) is 9.69. The Bertz CT molecular complexity index is 112. The normalized spacial score (nSPS) is 13.3. The number of hydrogen-bond donors (Lipinski definition) is 0.